The van der Waals surface area contributed by atoms with Crippen molar-refractivity contribution < 1.29 is 14.4 Å². The minimum absolute atomic E-state index is 0.0707. The molecule has 0 spiro atoms. The topological polar surface area (TPSA) is 66.5 Å². The number of nitrogens with one attached hydrogen (secondary N) is 1. The van der Waals surface area contributed by atoms with E-state index in [1.165, 1.54) is 4.90 Å². The van der Waals surface area contributed by atoms with Crippen LogP contribution in [-0.2, 0) is 9.59 Å². The molecule has 2 unspecified atom stereocenters. The third-order valence-electron chi connectivity index (χ3n) is 4.16. The van der Waals surface area contributed by atoms with Gasteiger partial charge in [-0.2, -0.15) is 0 Å². The van der Waals surface area contributed by atoms with Crippen molar-refractivity contribution >= 4 is 17.8 Å². The average Bonchev–Trinajstić information content (AvgIpc) is 2.30. The van der Waals surface area contributed by atoms with Crippen molar-refractivity contribution in [3.05, 3.63) is 0 Å². The number of rotatable bonds is 1. The summed E-state index contributed by atoms with van der Waals surface area (Å²) in [5.41, 5.74) is -1.15. The molecule has 1 N–H and O–H groups in total. The highest BCUT2D eigenvalue weighted by atomic mass is 16.2. The summed E-state index contributed by atoms with van der Waals surface area (Å²) in [5, 5.41) is 2.30. The highest BCUT2D eigenvalue weighted by Crippen LogP contribution is 2.33. The third-order valence-corrected chi connectivity index (χ3v) is 4.16. The van der Waals surface area contributed by atoms with Gasteiger partial charge in [0.05, 0.1) is 0 Å². The molecule has 1 heterocycles. The van der Waals surface area contributed by atoms with Crippen LogP contribution in [-0.4, -0.2) is 28.8 Å². The summed E-state index contributed by atoms with van der Waals surface area (Å²) in [6.07, 6.45) is 4.03. The van der Waals surface area contributed by atoms with Gasteiger partial charge in [0.25, 0.3) is 0 Å². The molecule has 0 aromatic rings. The first kappa shape index (κ1) is 13.1. The van der Waals surface area contributed by atoms with E-state index in [1.807, 2.05) is 0 Å². The molecule has 5 heteroatoms. The smallest absolute Gasteiger partial charge is 0.277 e. The van der Waals surface area contributed by atoms with Crippen LogP contribution < -0.4 is 5.32 Å². The number of carbonyl (C=O) groups excluding carboxylic acids is 3. The van der Waals surface area contributed by atoms with Gasteiger partial charge < -0.3 is 0 Å². The second-order valence-electron chi connectivity index (χ2n) is 5.89. The molecule has 18 heavy (non-hydrogen) atoms. The van der Waals surface area contributed by atoms with E-state index in [1.54, 1.807) is 13.8 Å². The zero-order chi connectivity index (χ0) is 13.5. The van der Waals surface area contributed by atoms with Gasteiger partial charge in [0.1, 0.15) is 5.41 Å². The number of nitrogens with zero attached hydrogens (tertiary/aromatic N) is 1. The maximum Gasteiger partial charge on any atom is 0.331 e. The van der Waals surface area contributed by atoms with Crippen LogP contribution in [0.5, 0.6) is 0 Å². The lowest BCUT2D eigenvalue weighted by Crippen LogP contribution is -2.65. The predicted octanol–water partition coefficient (Wildman–Crippen LogP) is 1.67. The molecule has 1 aliphatic heterocycles. The normalized spacial score (nSPS) is 32.4. The highest BCUT2D eigenvalue weighted by Gasteiger charge is 2.50. The van der Waals surface area contributed by atoms with Gasteiger partial charge >= 0.3 is 6.03 Å². The van der Waals surface area contributed by atoms with Gasteiger partial charge in [0.15, 0.2) is 0 Å². The predicted molar refractivity (Wildman–Crippen MR) is 65.6 cm³/mol. The maximum absolute atomic E-state index is 12.4. The number of amides is 4. The molecule has 5 nitrogen and oxygen atoms in total. The fraction of sp³-hybridized carbons (Fsp3) is 0.769. The molecule has 0 aromatic carbocycles. The molecule has 4 amide bonds. The first-order valence-corrected chi connectivity index (χ1v) is 6.54. The van der Waals surface area contributed by atoms with Crippen LogP contribution in [0.4, 0.5) is 4.79 Å². The average molecular weight is 252 g/mol. The van der Waals surface area contributed by atoms with E-state index >= 15 is 0 Å². The minimum atomic E-state index is -1.15. The number of imide groups is 2. The zero-order valence-corrected chi connectivity index (χ0v) is 11.2. The lowest BCUT2D eigenvalue weighted by atomic mass is 9.81. The van der Waals surface area contributed by atoms with Gasteiger partial charge in [0, 0.05) is 6.04 Å². The third kappa shape index (κ3) is 1.91. The monoisotopic (exact) mass is 252 g/mol. The van der Waals surface area contributed by atoms with Gasteiger partial charge in [-0.25, -0.2) is 4.79 Å². The summed E-state index contributed by atoms with van der Waals surface area (Å²) < 4.78 is 0. The van der Waals surface area contributed by atoms with Crippen LogP contribution in [0, 0.1) is 11.3 Å². The van der Waals surface area contributed by atoms with E-state index in [-0.39, 0.29) is 11.9 Å². The lowest BCUT2D eigenvalue weighted by molar-refractivity contribution is -0.151. The molecule has 0 radical (unpaired) electrons. The quantitative estimate of drug-likeness (QED) is 0.722. The van der Waals surface area contributed by atoms with Crippen molar-refractivity contribution in [1.82, 2.24) is 10.2 Å². The van der Waals surface area contributed by atoms with Crippen molar-refractivity contribution in [1.29, 1.82) is 0 Å². The number of barbiturate groups is 1. The van der Waals surface area contributed by atoms with Crippen molar-refractivity contribution in [3.8, 4) is 0 Å². The van der Waals surface area contributed by atoms with Crippen LogP contribution in [0.2, 0.25) is 0 Å². The van der Waals surface area contributed by atoms with Crippen molar-refractivity contribution in [2.45, 2.75) is 52.5 Å². The summed E-state index contributed by atoms with van der Waals surface area (Å²) in [6, 6.07) is -0.623. The molecule has 2 fully saturated rings. The Balaban J connectivity index is 2.28. The Labute approximate surface area is 107 Å². The van der Waals surface area contributed by atoms with Crippen molar-refractivity contribution in [2.75, 3.05) is 0 Å². The molecule has 2 rings (SSSR count). The minimum Gasteiger partial charge on any atom is -0.277 e. The van der Waals surface area contributed by atoms with Gasteiger partial charge in [-0.15, -0.1) is 0 Å². The van der Waals surface area contributed by atoms with Crippen molar-refractivity contribution in [2.24, 2.45) is 11.3 Å². The van der Waals surface area contributed by atoms with E-state index in [0.29, 0.717) is 5.92 Å². The Hall–Kier alpha value is -1.39. The van der Waals surface area contributed by atoms with E-state index in [9.17, 15) is 14.4 Å². The van der Waals surface area contributed by atoms with Gasteiger partial charge in [0.2, 0.25) is 11.8 Å². The maximum atomic E-state index is 12.4. The molecule has 100 valence electrons. The Bertz CT molecular complexity index is 403. The molecule has 0 bridgehead atoms. The van der Waals surface area contributed by atoms with Crippen LogP contribution >= 0.6 is 0 Å². The van der Waals surface area contributed by atoms with Crippen LogP contribution in [0.15, 0.2) is 0 Å². The summed E-state index contributed by atoms with van der Waals surface area (Å²) in [4.78, 5) is 37.2. The van der Waals surface area contributed by atoms with Gasteiger partial charge in [-0.05, 0) is 32.6 Å². The van der Waals surface area contributed by atoms with E-state index in [4.69, 9.17) is 0 Å². The molecule has 1 saturated carbocycles. The van der Waals surface area contributed by atoms with E-state index < -0.39 is 17.4 Å². The van der Waals surface area contributed by atoms with Gasteiger partial charge in [-0.3, -0.25) is 19.8 Å². The summed E-state index contributed by atoms with van der Waals surface area (Å²) in [7, 11) is 0. The lowest BCUT2D eigenvalue weighted by Gasteiger charge is -2.42. The molecular weight excluding hydrogens is 232 g/mol. The molecule has 2 aliphatic rings. The summed E-state index contributed by atoms with van der Waals surface area (Å²) in [5.74, 6) is -0.565. The van der Waals surface area contributed by atoms with Crippen molar-refractivity contribution in [3.63, 3.8) is 0 Å². The van der Waals surface area contributed by atoms with E-state index in [0.717, 1.165) is 25.7 Å². The second-order valence-corrected chi connectivity index (χ2v) is 5.89. The molecular formula is C13H20N2O3. The second kappa shape index (κ2) is 4.37. The Morgan fingerprint density at radius 2 is 1.78 bits per heavy atom. The summed E-state index contributed by atoms with van der Waals surface area (Å²) in [6.45, 7) is 5.20. The van der Waals surface area contributed by atoms with E-state index in [2.05, 4.69) is 12.2 Å². The van der Waals surface area contributed by atoms with Gasteiger partial charge in [-0.1, -0.05) is 19.8 Å². The molecule has 1 aliphatic carbocycles. The Morgan fingerprint density at radius 3 is 2.39 bits per heavy atom. The molecule has 2 atom stereocenters. The fourth-order valence-electron chi connectivity index (χ4n) is 2.79. The highest BCUT2D eigenvalue weighted by molar-refractivity contribution is 6.18. The first-order chi connectivity index (χ1) is 8.35. The zero-order valence-electron chi connectivity index (χ0n) is 11.2. The first-order valence-electron chi connectivity index (χ1n) is 6.54. The fourth-order valence-corrected chi connectivity index (χ4v) is 2.79. The molecule has 1 saturated heterocycles. The van der Waals surface area contributed by atoms with Crippen LogP contribution in [0.3, 0.4) is 0 Å². The number of urea groups is 1. The SMILES string of the molecule is CC1CCCCC1N1C(=O)NC(=O)C(C)(C)C1=O. The number of carbonyl (C=O) groups is 3. The number of hydrogen-bond donors (Lipinski definition) is 1. The van der Waals surface area contributed by atoms with Crippen LogP contribution in [0.1, 0.15) is 46.5 Å². The largest absolute Gasteiger partial charge is 0.331 e. The molecule has 0 aromatic heterocycles. The standard InChI is InChI=1S/C13H20N2O3/c1-8-6-4-5-7-9(8)15-11(17)13(2,3)10(16)14-12(15)18/h8-9H,4-7H2,1-3H3,(H,14,16,18). The Morgan fingerprint density at radius 1 is 1.17 bits per heavy atom. The summed E-state index contributed by atoms with van der Waals surface area (Å²) >= 11 is 0. The Kier molecular flexibility index (Phi) is 3.17. The number of hydrogen-bond acceptors (Lipinski definition) is 3. The van der Waals surface area contributed by atoms with Crippen LogP contribution in [0.25, 0.3) is 0 Å².